The Morgan fingerprint density at radius 1 is 1.00 bits per heavy atom. The molecular weight excluding hydrogens is 476 g/mol. The fourth-order valence-corrected chi connectivity index (χ4v) is 4.48. The average molecular weight is 503 g/mol. The van der Waals surface area contributed by atoms with Crippen LogP contribution in [0.1, 0.15) is 34.5 Å². The highest BCUT2D eigenvalue weighted by Crippen LogP contribution is 2.29. The zero-order chi connectivity index (χ0) is 24.9. The lowest BCUT2D eigenvalue weighted by molar-refractivity contribution is 0.0939. The third-order valence-electron chi connectivity index (χ3n) is 5.31. The topological polar surface area (TPSA) is 84.9 Å². The van der Waals surface area contributed by atoms with E-state index in [4.69, 9.17) is 21.1 Å². The van der Waals surface area contributed by atoms with E-state index in [9.17, 15) is 13.2 Å². The highest BCUT2D eigenvalue weighted by Gasteiger charge is 2.20. The van der Waals surface area contributed by atoms with Gasteiger partial charge in [0.2, 0.25) is 10.0 Å². The predicted molar refractivity (Wildman–Crippen MR) is 134 cm³/mol. The van der Waals surface area contributed by atoms with Gasteiger partial charge in [0, 0.05) is 16.1 Å². The standard InChI is InChI=1S/C25H27ClN2O5S/c1-17(23-15-22(32-2)13-14-24(23)33-3)27-25(29)19-7-11-21(12-8-19)28(34(4,30)31)16-18-5-9-20(26)10-6-18/h5-15,17H,16H2,1-4H3,(H,27,29). The first-order valence-corrected chi connectivity index (χ1v) is 12.7. The van der Waals surface area contributed by atoms with Gasteiger partial charge < -0.3 is 14.8 Å². The summed E-state index contributed by atoms with van der Waals surface area (Å²) in [5.41, 5.74) is 2.42. The van der Waals surface area contributed by atoms with E-state index >= 15 is 0 Å². The van der Waals surface area contributed by atoms with Gasteiger partial charge in [-0.05, 0) is 67.1 Å². The first-order chi connectivity index (χ1) is 16.1. The Morgan fingerprint density at radius 3 is 2.21 bits per heavy atom. The molecular formula is C25H27ClN2O5S. The molecule has 180 valence electrons. The van der Waals surface area contributed by atoms with Crippen molar-refractivity contribution in [2.45, 2.75) is 19.5 Å². The third kappa shape index (κ3) is 6.21. The van der Waals surface area contributed by atoms with E-state index in [1.165, 1.54) is 4.31 Å². The molecule has 1 unspecified atom stereocenters. The largest absolute Gasteiger partial charge is 0.497 e. The fraction of sp³-hybridized carbons (Fsp3) is 0.240. The highest BCUT2D eigenvalue weighted by atomic mass is 35.5. The van der Waals surface area contributed by atoms with Crippen LogP contribution in [-0.2, 0) is 16.6 Å². The Balaban J connectivity index is 1.78. The number of methoxy groups -OCH3 is 2. The molecule has 0 saturated carbocycles. The molecule has 3 aromatic carbocycles. The Morgan fingerprint density at radius 2 is 1.65 bits per heavy atom. The zero-order valence-electron chi connectivity index (χ0n) is 19.4. The maximum Gasteiger partial charge on any atom is 0.251 e. The van der Waals surface area contributed by atoms with Crippen molar-refractivity contribution in [3.05, 3.63) is 88.4 Å². The van der Waals surface area contributed by atoms with Crippen LogP contribution in [0.5, 0.6) is 11.5 Å². The third-order valence-corrected chi connectivity index (χ3v) is 6.70. The molecule has 3 rings (SSSR count). The van der Waals surface area contributed by atoms with E-state index in [1.54, 1.807) is 74.9 Å². The molecule has 7 nitrogen and oxygen atoms in total. The van der Waals surface area contributed by atoms with Crippen LogP contribution in [0.25, 0.3) is 0 Å². The number of nitrogens with zero attached hydrogens (tertiary/aromatic N) is 1. The minimum atomic E-state index is -3.55. The molecule has 0 fully saturated rings. The van der Waals surface area contributed by atoms with Crippen LogP contribution in [0.2, 0.25) is 5.02 Å². The molecule has 1 amide bonds. The number of anilines is 1. The smallest absolute Gasteiger partial charge is 0.251 e. The molecule has 0 aliphatic heterocycles. The molecule has 9 heteroatoms. The summed E-state index contributed by atoms with van der Waals surface area (Å²) in [6, 6.07) is 18.4. The Labute approximate surface area is 205 Å². The van der Waals surface area contributed by atoms with Gasteiger partial charge in [-0.25, -0.2) is 8.42 Å². The molecule has 1 atom stereocenters. The maximum atomic E-state index is 12.9. The van der Waals surface area contributed by atoms with Crippen LogP contribution in [0, 0.1) is 0 Å². The minimum absolute atomic E-state index is 0.147. The van der Waals surface area contributed by atoms with Crippen molar-refractivity contribution < 1.29 is 22.7 Å². The van der Waals surface area contributed by atoms with Crippen LogP contribution in [0.15, 0.2) is 66.7 Å². The van der Waals surface area contributed by atoms with Crippen molar-refractivity contribution in [2.75, 3.05) is 24.8 Å². The minimum Gasteiger partial charge on any atom is -0.497 e. The second-order valence-corrected chi connectivity index (χ2v) is 10.1. The molecule has 34 heavy (non-hydrogen) atoms. The molecule has 0 spiro atoms. The quantitative estimate of drug-likeness (QED) is 0.453. The number of rotatable bonds is 9. The van der Waals surface area contributed by atoms with E-state index < -0.39 is 10.0 Å². The number of nitrogens with one attached hydrogen (secondary N) is 1. The van der Waals surface area contributed by atoms with Crippen molar-refractivity contribution in [1.82, 2.24) is 5.32 Å². The number of sulfonamides is 1. The van der Waals surface area contributed by atoms with Crippen LogP contribution < -0.4 is 19.1 Å². The van der Waals surface area contributed by atoms with Gasteiger partial charge >= 0.3 is 0 Å². The van der Waals surface area contributed by atoms with Crippen molar-refractivity contribution in [1.29, 1.82) is 0 Å². The van der Waals surface area contributed by atoms with Gasteiger partial charge in [0.1, 0.15) is 11.5 Å². The number of carbonyl (C=O) groups excluding carboxylic acids is 1. The summed E-state index contributed by atoms with van der Waals surface area (Å²) in [4.78, 5) is 12.9. The van der Waals surface area contributed by atoms with E-state index in [0.29, 0.717) is 27.8 Å². The first-order valence-electron chi connectivity index (χ1n) is 10.5. The first kappa shape index (κ1) is 25.4. The molecule has 0 aromatic heterocycles. The number of benzene rings is 3. The summed E-state index contributed by atoms with van der Waals surface area (Å²) in [6.45, 7) is 2.00. The van der Waals surface area contributed by atoms with Crippen molar-refractivity contribution in [3.63, 3.8) is 0 Å². The number of amides is 1. The van der Waals surface area contributed by atoms with Gasteiger partial charge in [0.15, 0.2) is 0 Å². The average Bonchev–Trinajstić information content (AvgIpc) is 2.82. The SMILES string of the molecule is COc1ccc(OC)c(C(C)NC(=O)c2ccc(N(Cc3ccc(Cl)cc3)S(C)(=O)=O)cc2)c1. The summed E-state index contributed by atoms with van der Waals surface area (Å²) >= 11 is 5.93. The second-order valence-electron chi connectivity index (χ2n) is 7.75. The molecule has 0 heterocycles. The van der Waals surface area contributed by atoms with E-state index in [1.807, 2.05) is 13.0 Å². The number of halogens is 1. The van der Waals surface area contributed by atoms with Gasteiger partial charge in [0.05, 0.1) is 38.7 Å². The highest BCUT2D eigenvalue weighted by molar-refractivity contribution is 7.92. The van der Waals surface area contributed by atoms with Crippen molar-refractivity contribution in [3.8, 4) is 11.5 Å². The fourth-order valence-electron chi connectivity index (χ4n) is 3.47. The Kier molecular flexibility index (Phi) is 8.06. The number of carbonyl (C=O) groups is 1. The summed E-state index contributed by atoms with van der Waals surface area (Å²) in [7, 11) is -0.417. The normalized spacial score (nSPS) is 12.0. The lowest BCUT2D eigenvalue weighted by Gasteiger charge is -2.23. The number of hydrogen-bond acceptors (Lipinski definition) is 5. The van der Waals surface area contributed by atoms with Crippen LogP contribution in [-0.4, -0.2) is 34.8 Å². The van der Waals surface area contributed by atoms with Gasteiger partial charge in [-0.15, -0.1) is 0 Å². The van der Waals surface area contributed by atoms with Gasteiger partial charge in [0.25, 0.3) is 5.91 Å². The molecule has 0 aliphatic rings. The monoisotopic (exact) mass is 502 g/mol. The summed E-state index contributed by atoms with van der Waals surface area (Å²) < 4.78 is 36.8. The summed E-state index contributed by atoms with van der Waals surface area (Å²) in [6.07, 6.45) is 1.15. The number of ether oxygens (including phenoxy) is 2. The second kappa shape index (κ2) is 10.8. The number of hydrogen-bond donors (Lipinski definition) is 1. The molecule has 0 bridgehead atoms. The molecule has 3 aromatic rings. The van der Waals surface area contributed by atoms with Crippen LogP contribution >= 0.6 is 11.6 Å². The van der Waals surface area contributed by atoms with E-state index in [-0.39, 0.29) is 18.5 Å². The molecule has 0 aliphatic carbocycles. The predicted octanol–water partition coefficient (Wildman–Crippen LogP) is 4.81. The van der Waals surface area contributed by atoms with Crippen LogP contribution in [0.3, 0.4) is 0 Å². The lowest BCUT2D eigenvalue weighted by atomic mass is 10.1. The van der Waals surface area contributed by atoms with Gasteiger partial charge in [-0.3, -0.25) is 9.10 Å². The molecule has 1 N–H and O–H groups in total. The van der Waals surface area contributed by atoms with Crippen molar-refractivity contribution in [2.24, 2.45) is 0 Å². The van der Waals surface area contributed by atoms with E-state index in [2.05, 4.69) is 5.32 Å². The lowest BCUT2D eigenvalue weighted by Crippen LogP contribution is -2.29. The van der Waals surface area contributed by atoms with Crippen LogP contribution in [0.4, 0.5) is 5.69 Å². The maximum absolute atomic E-state index is 12.9. The Bertz CT molecular complexity index is 1250. The van der Waals surface area contributed by atoms with Crippen molar-refractivity contribution >= 4 is 33.2 Å². The van der Waals surface area contributed by atoms with Gasteiger partial charge in [-0.2, -0.15) is 0 Å². The summed E-state index contributed by atoms with van der Waals surface area (Å²) in [5, 5.41) is 3.52. The molecule has 0 radical (unpaired) electrons. The summed E-state index contributed by atoms with van der Waals surface area (Å²) in [5.74, 6) is 0.991. The van der Waals surface area contributed by atoms with E-state index in [0.717, 1.165) is 17.4 Å². The Hall–Kier alpha value is -3.23. The molecule has 0 saturated heterocycles. The zero-order valence-corrected chi connectivity index (χ0v) is 21.0. The van der Waals surface area contributed by atoms with Gasteiger partial charge in [-0.1, -0.05) is 23.7 Å².